The molecule has 0 aliphatic heterocycles. The maximum atomic E-state index is 11.8. The van der Waals surface area contributed by atoms with E-state index in [1.165, 1.54) is 11.1 Å². The fraction of sp³-hybridized carbons (Fsp3) is 0.278. The summed E-state index contributed by atoms with van der Waals surface area (Å²) in [6.07, 6.45) is 0.472. The van der Waals surface area contributed by atoms with E-state index < -0.39 is 0 Å². The van der Waals surface area contributed by atoms with E-state index in [1.54, 1.807) is 0 Å². The molecular weight excluding hydrogens is 260 g/mol. The van der Waals surface area contributed by atoms with Gasteiger partial charge in [-0.3, -0.25) is 4.79 Å². The SMILES string of the molecule is Cc1cccc(CNC(=O)CCNc2ccccc2C)c1. The van der Waals surface area contributed by atoms with Crippen LogP contribution in [0, 0.1) is 13.8 Å². The molecule has 0 unspecified atom stereocenters. The van der Waals surface area contributed by atoms with Crippen molar-refractivity contribution in [2.24, 2.45) is 0 Å². The maximum Gasteiger partial charge on any atom is 0.222 e. The molecule has 0 saturated heterocycles. The molecule has 2 aromatic carbocycles. The average molecular weight is 282 g/mol. The zero-order valence-electron chi connectivity index (χ0n) is 12.6. The van der Waals surface area contributed by atoms with Crippen LogP contribution in [0.4, 0.5) is 5.69 Å². The zero-order chi connectivity index (χ0) is 15.1. The highest BCUT2D eigenvalue weighted by atomic mass is 16.1. The molecule has 0 heterocycles. The summed E-state index contributed by atoms with van der Waals surface area (Å²) in [5.74, 6) is 0.0672. The number of carbonyl (C=O) groups is 1. The lowest BCUT2D eigenvalue weighted by molar-refractivity contribution is -0.121. The average Bonchev–Trinajstić information content (AvgIpc) is 2.47. The van der Waals surface area contributed by atoms with Gasteiger partial charge in [-0.15, -0.1) is 0 Å². The van der Waals surface area contributed by atoms with Crippen LogP contribution in [0.1, 0.15) is 23.1 Å². The van der Waals surface area contributed by atoms with Gasteiger partial charge in [0.15, 0.2) is 0 Å². The van der Waals surface area contributed by atoms with Crippen LogP contribution in [0.15, 0.2) is 48.5 Å². The van der Waals surface area contributed by atoms with Crippen molar-refractivity contribution in [3.05, 3.63) is 65.2 Å². The van der Waals surface area contributed by atoms with Gasteiger partial charge in [0, 0.05) is 25.2 Å². The van der Waals surface area contributed by atoms with Crippen LogP contribution in [-0.2, 0) is 11.3 Å². The summed E-state index contributed by atoms with van der Waals surface area (Å²) >= 11 is 0. The van der Waals surface area contributed by atoms with Crippen molar-refractivity contribution < 1.29 is 4.79 Å². The Labute approximate surface area is 126 Å². The molecule has 0 aliphatic rings. The first kappa shape index (κ1) is 15.1. The minimum absolute atomic E-state index is 0.0672. The van der Waals surface area contributed by atoms with Gasteiger partial charge >= 0.3 is 0 Å². The molecule has 0 aliphatic carbocycles. The lowest BCUT2D eigenvalue weighted by atomic mass is 10.1. The molecule has 1 amide bonds. The second kappa shape index (κ2) is 7.48. The van der Waals surface area contributed by atoms with Crippen LogP contribution >= 0.6 is 0 Å². The number of rotatable bonds is 6. The molecule has 0 saturated carbocycles. The number of anilines is 1. The molecule has 0 fully saturated rings. The second-order valence-corrected chi connectivity index (χ2v) is 5.26. The number of hydrogen-bond donors (Lipinski definition) is 2. The lowest BCUT2D eigenvalue weighted by Gasteiger charge is -2.10. The molecule has 0 spiro atoms. The molecule has 2 aromatic rings. The molecule has 0 radical (unpaired) electrons. The Morgan fingerprint density at radius 3 is 2.62 bits per heavy atom. The van der Waals surface area contributed by atoms with Gasteiger partial charge in [-0.25, -0.2) is 0 Å². The largest absolute Gasteiger partial charge is 0.384 e. The van der Waals surface area contributed by atoms with Crippen molar-refractivity contribution in [1.82, 2.24) is 5.32 Å². The van der Waals surface area contributed by atoms with Crippen LogP contribution in [0.3, 0.4) is 0 Å². The molecule has 21 heavy (non-hydrogen) atoms. The van der Waals surface area contributed by atoms with E-state index in [1.807, 2.05) is 30.3 Å². The summed E-state index contributed by atoms with van der Waals surface area (Å²) in [4.78, 5) is 11.8. The quantitative estimate of drug-likeness (QED) is 0.852. The van der Waals surface area contributed by atoms with Crippen molar-refractivity contribution in [1.29, 1.82) is 0 Å². The van der Waals surface area contributed by atoms with Crippen LogP contribution < -0.4 is 10.6 Å². The number of carbonyl (C=O) groups excluding carboxylic acids is 1. The predicted octanol–water partition coefficient (Wildman–Crippen LogP) is 3.42. The molecule has 0 atom stereocenters. The van der Waals surface area contributed by atoms with E-state index in [-0.39, 0.29) is 5.91 Å². The first-order valence-electron chi connectivity index (χ1n) is 7.27. The molecule has 2 rings (SSSR count). The summed E-state index contributed by atoms with van der Waals surface area (Å²) in [6.45, 7) is 5.34. The van der Waals surface area contributed by atoms with Gasteiger partial charge in [0.1, 0.15) is 0 Å². The van der Waals surface area contributed by atoms with E-state index in [9.17, 15) is 4.79 Å². The van der Waals surface area contributed by atoms with Crippen molar-refractivity contribution >= 4 is 11.6 Å². The number of para-hydroxylation sites is 1. The number of aryl methyl sites for hydroxylation is 2. The smallest absolute Gasteiger partial charge is 0.222 e. The maximum absolute atomic E-state index is 11.8. The summed E-state index contributed by atoms with van der Waals surface area (Å²) in [5, 5.41) is 6.24. The molecule has 2 N–H and O–H groups in total. The van der Waals surface area contributed by atoms with E-state index in [4.69, 9.17) is 0 Å². The number of amides is 1. The third kappa shape index (κ3) is 4.95. The fourth-order valence-corrected chi connectivity index (χ4v) is 2.19. The van der Waals surface area contributed by atoms with Crippen LogP contribution in [-0.4, -0.2) is 12.5 Å². The third-order valence-electron chi connectivity index (χ3n) is 3.38. The van der Waals surface area contributed by atoms with Gasteiger partial charge in [0.25, 0.3) is 0 Å². The molecule has 3 heteroatoms. The number of benzene rings is 2. The highest BCUT2D eigenvalue weighted by molar-refractivity contribution is 5.76. The van der Waals surface area contributed by atoms with Gasteiger partial charge in [0.05, 0.1) is 0 Å². The Hall–Kier alpha value is -2.29. The summed E-state index contributed by atoms with van der Waals surface area (Å²) in [5.41, 5.74) is 4.62. The normalized spacial score (nSPS) is 10.2. The van der Waals surface area contributed by atoms with Crippen molar-refractivity contribution in [3.8, 4) is 0 Å². The first-order valence-corrected chi connectivity index (χ1v) is 7.27. The minimum Gasteiger partial charge on any atom is -0.384 e. The summed E-state index contributed by atoms with van der Waals surface area (Å²) in [7, 11) is 0. The zero-order valence-corrected chi connectivity index (χ0v) is 12.6. The Morgan fingerprint density at radius 1 is 1.05 bits per heavy atom. The van der Waals surface area contributed by atoms with Gasteiger partial charge in [-0.05, 0) is 31.0 Å². The molecule has 110 valence electrons. The van der Waals surface area contributed by atoms with Crippen LogP contribution in [0.25, 0.3) is 0 Å². The summed E-state index contributed by atoms with van der Waals surface area (Å²) < 4.78 is 0. The van der Waals surface area contributed by atoms with Crippen molar-refractivity contribution in [2.45, 2.75) is 26.8 Å². The highest BCUT2D eigenvalue weighted by Gasteiger charge is 2.02. The number of hydrogen-bond acceptors (Lipinski definition) is 2. The molecule has 0 aromatic heterocycles. The predicted molar refractivity (Wildman–Crippen MR) is 87.3 cm³/mol. The third-order valence-corrected chi connectivity index (χ3v) is 3.38. The molecule has 0 bridgehead atoms. The van der Waals surface area contributed by atoms with Crippen molar-refractivity contribution in [3.63, 3.8) is 0 Å². The van der Waals surface area contributed by atoms with Gasteiger partial charge in [0.2, 0.25) is 5.91 Å². The van der Waals surface area contributed by atoms with Gasteiger partial charge < -0.3 is 10.6 Å². The lowest BCUT2D eigenvalue weighted by Crippen LogP contribution is -2.24. The Balaban J connectivity index is 1.72. The van der Waals surface area contributed by atoms with Crippen LogP contribution in [0.5, 0.6) is 0 Å². The highest BCUT2D eigenvalue weighted by Crippen LogP contribution is 2.12. The van der Waals surface area contributed by atoms with E-state index in [0.29, 0.717) is 19.5 Å². The van der Waals surface area contributed by atoms with E-state index in [0.717, 1.165) is 11.3 Å². The second-order valence-electron chi connectivity index (χ2n) is 5.26. The first-order chi connectivity index (χ1) is 10.1. The van der Waals surface area contributed by atoms with Gasteiger partial charge in [-0.2, -0.15) is 0 Å². The Morgan fingerprint density at radius 2 is 1.86 bits per heavy atom. The van der Waals surface area contributed by atoms with E-state index in [2.05, 4.69) is 42.7 Å². The minimum atomic E-state index is 0.0672. The fourth-order valence-electron chi connectivity index (χ4n) is 2.19. The Kier molecular flexibility index (Phi) is 5.38. The Bertz CT molecular complexity index is 608. The van der Waals surface area contributed by atoms with Crippen LogP contribution in [0.2, 0.25) is 0 Å². The van der Waals surface area contributed by atoms with Gasteiger partial charge in [-0.1, -0.05) is 48.0 Å². The monoisotopic (exact) mass is 282 g/mol. The number of nitrogens with one attached hydrogen (secondary N) is 2. The van der Waals surface area contributed by atoms with E-state index >= 15 is 0 Å². The topological polar surface area (TPSA) is 41.1 Å². The molecular formula is C18H22N2O. The summed E-state index contributed by atoms with van der Waals surface area (Å²) in [6, 6.07) is 16.3. The molecule has 3 nitrogen and oxygen atoms in total. The standard InChI is InChI=1S/C18H22N2O/c1-14-6-5-8-16(12-14)13-20-18(21)10-11-19-17-9-4-3-7-15(17)2/h3-9,12,19H,10-11,13H2,1-2H3,(H,20,21). The van der Waals surface area contributed by atoms with Crippen molar-refractivity contribution in [2.75, 3.05) is 11.9 Å².